The third kappa shape index (κ3) is 2.23. The lowest BCUT2D eigenvalue weighted by Gasteiger charge is -2.30. The standard InChI is InChI=1S/C18H13F3N2/c19-15-9-14-13(16(20)17(15)21)5-7-22-18(14)23-8-6-11-3-1-2-4-12(11)10-23/h1-5,7,9H,6,8,10H2. The number of nitrogens with zero attached hydrogens (tertiary/aromatic N) is 2. The molecule has 2 heterocycles. The average molecular weight is 314 g/mol. The minimum atomic E-state index is -1.45. The minimum absolute atomic E-state index is 0.0489. The number of anilines is 1. The number of pyridine rings is 1. The molecule has 0 N–H and O–H groups in total. The molecule has 0 saturated heterocycles. The van der Waals surface area contributed by atoms with Crippen LogP contribution in [0.5, 0.6) is 0 Å². The Balaban J connectivity index is 1.84. The summed E-state index contributed by atoms with van der Waals surface area (Å²) >= 11 is 0. The van der Waals surface area contributed by atoms with Crippen molar-refractivity contribution in [1.29, 1.82) is 0 Å². The first-order valence-corrected chi connectivity index (χ1v) is 7.39. The third-order valence-electron chi connectivity index (χ3n) is 4.31. The van der Waals surface area contributed by atoms with Crippen LogP contribution in [0, 0.1) is 17.5 Å². The Morgan fingerprint density at radius 2 is 1.70 bits per heavy atom. The van der Waals surface area contributed by atoms with E-state index in [1.807, 2.05) is 23.1 Å². The number of benzene rings is 2. The highest BCUT2D eigenvalue weighted by molar-refractivity contribution is 5.92. The van der Waals surface area contributed by atoms with E-state index < -0.39 is 17.5 Å². The summed E-state index contributed by atoms with van der Waals surface area (Å²) in [6.07, 6.45) is 2.26. The van der Waals surface area contributed by atoms with Crippen LogP contribution in [0.25, 0.3) is 10.8 Å². The molecule has 23 heavy (non-hydrogen) atoms. The number of hydrogen-bond donors (Lipinski definition) is 0. The topological polar surface area (TPSA) is 16.1 Å². The van der Waals surface area contributed by atoms with Crippen molar-refractivity contribution in [1.82, 2.24) is 4.98 Å². The molecule has 0 aliphatic carbocycles. The molecule has 0 bridgehead atoms. The second kappa shape index (κ2) is 5.26. The van der Waals surface area contributed by atoms with Crippen molar-refractivity contribution in [3.8, 4) is 0 Å². The number of fused-ring (bicyclic) bond motifs is 2. The van der Waals surface area contributed by atoms with Gasteiger partial charge >= 0.3 is 0 Å². The first kappa shape index (κ1) is 14.1. The zero-order chi connectivity index (χ0) is 16.0. The van der Waals surface area contributed by atoms with Crippen LogP contribution >= 0.6 is 0 Å². The van der Waals surface area contributed by atoms with E-state index in [2.05, 4.69) is 11.1 Å². The zero-order valence-electron chi connectivity index (χ0n) is 12.2. The predicted octanol–water partition coefficient (Wildman–Crippen LogP) is 4.21. The van der Waals surface area contributed by atoms with Gasteiger partial charge in [0.05, 0.1) is 0 Å². The molecule has 5 heteroatoms. The van der Waals surface area contributed by atoms with Gasteiger partial charge < -0.3 is 4.90 Å². The van der Waals surface area contributed by atoms with Gasteiger partial charge in [0, 0.05) is 30.1 Å². The van der Waals surface area contributed by atoms with Crippen LogP contribution in [0.15, 0.2) is 42.6 Å². The molecule has 0 radical (unpaired) electrons. The van der Waals surface area contributed by atoms with Crippen LogP contribution in [-0.2, 0) is 13.0 Å². The Kier molecular flexibility index (Phi) is 3.22. The van der Waals surface area contributed by atoms with E-state index in [-0.39, 0.29) is 5.39 Å². The number of hydrogen-bond acceptors (Lipinski definition) is 2. The van der Waals surface area contributed by atoms with Gasteiger partial charge in [-0.05, 0) is 29.7 Å². The van der Waals surface area contributed by atoms with E-state index in [1.54, 1.807) is 0 Å². The van der Waals surface area contributed by atoms with Crippen molar-refractivity contribution in [2.24, 2.45) is 0 Å². The maximum absolute atomic E-state index is 14.0. The molecule has 3 aromatic rings. The molecular formula is C18H13F3N2. The van der Waals surface area contributed by atoms with Gasteiger partial charge in [-0.3, -0.25) is 0 Å². The number of halogens is 3. The summed E-state index contributed by atoms with van der Waals surface area (Å²) in [4.78, 5) is 6.26. The number of rotatable bonds is 1. The van der Waals surface area contributed by atoms with E-state index in [1.165, 1.54) is 23.4 Å². The lowest BCUT2D eigenvalue weighted by atomic mass is 9.99. The molecule has 2 nitrogen and oxygen atoms in total. The summed E-state index contributed by atoms with van der Waals surface area (Å²) in [5.74, 6) is -3.32. The average Bonchev–Trinajstić information content (AvgIpc) is 2.59. The molecular weight excluding hydrogens is 301 g/mol. The van der Waals surface area contributed by atoms with Crippen molar-refractivity contribution in [3.05, 3.63) is 71.2 Å². The van der Waals surface area contributed by atoms with Gasteiger partial charge in [0.1, 0.15) is 5.82 Å². The first-order valence-electron chi connectivity index (χ1n) is 7.39. The smallest absolute Gasteiger partial charge is 0.195 e. The van der Waals surface area contributed by atoms with Crippen LogP contribution in [0.4, 0.5) is 19.0 Å². The van der Waals surface area contributed by atoms with Gasteiger partial charge in [0.15, 0.2) is 17.5 Å². The Morgan fingerprint density at radius 1 is 0.913 bits per heavy atom. The van der Waals surface area contributed by atoms with Crippen LogP contribution in [0.3, 0.4) is 0 Å². The largest absolute Gasteiger partial charge is 0.351 e. The van der Waals surface area contributed by atoms with Gasteiger partial charge in [-0.15, -0.1) is 0 Å². The Labute approximate surface area is 131 Å². The van der Waals surface area contributed by atoms with Gasteiger partial charge in [-0.2, -0.15) is 0 Å². The van der Waals surface area contributed by atoms with Gasteiger partial charge in [-0.1, -0.05) is 24.3 Å². The first-order chi connectivity index (χ1) is 11.1. The van der Waals surface area contributed by atoms with Crippen molar-refractivity contribution in [3.63, 3.8) is 0 Å². The summed E-state index contributed by atoms with van der Waals surface area (Å²) in [7, 11) is 0. The van der Waals surface area contributed by atoms with Crippen LogP contribution in [0.2, 0.25) is 0 Å². The summed E-state index contributed by atoms with van der Waals surface area (Å²) < 4.78 is 41.1. The molecule has 0 saturated carbocycles. The molecule has 0 spiro atoms. The lowest BCUT2D eigenvalue weighted by Crippen LogP contribution is -2.31. The van der Waals surface area contributed by atoms with Crippen molar-refractivity contribution in [2.45, 2.75) is 13.0 Å². The molecule has 0 unspecified atom stereocenters. The molecule has 1 aliphatic rings. The summed E-state index contributed by atoms with van der Waals surface area (Å²) in [6, 6.07) is 10.5. The highest BCUT2D eigenvalue weighted by atomic mass is 19.2. The molecule has 4 rings (SSSR count). The minimum Gasteiger partial charge on any atom is -0.351 e. The van der Waals surface area contributed by atoms with Gasteiger partial charge in [0.2, 0.25) is 0 Å². The maximum Gasteiger partial charge on any atom is 0.195 e. The Hall–Kier alpha value is -2.56. The van der Waals surface area contributed by atoms with Crippen LogP contribution in [0.1, 0.15) is 11.1 Å². The molecule has 0 fully saturated rings. The maximum atomic E-state index is 14.0. The highest BCUT2D eigenvalue weighted by Crippen LogP contribution is 2.32. The van der Waals surface area contributed by atoms with E-state index >= 15 is 0 Å². The summed E-state index contributed by atoms with van der Waals surface area (Å²) in [5, 5.41) is 0.344. The molecule has 2 aromatic carbocycles. The zero-order valence-corrected chi connectivity index (χ0v) is 12.2. The fourth-order valence-electron chi connectivity index (χ4n) is 3.14. The molecule has 0 amide bonds. The van der Waals surface area contributed by atoms with Crippen LogP contribution < -0.4 is 4.90 Å². The van der Waals surface area contributed by atoms with Gasteiger partial charge in [0.25, 0.3) is 0 Å². The SMILES string of the molecule is Fc1cc2c(N3CCc4ccccc4C3)nccc2c(F)c1F. The Morgan fingerprint density at radius 3 is 2.52 bits per heavy atom. The monoisotopic (exact) mass is 314 g/mol. The molecule has 116 valence electrons. The van der Waals surface area contributed by atoms with Gasteiger partial charge in [-0.25, -0.2) is 18.2 Å². The normalized spacial score (nSPS) is 14.1. The van der Waals surface area contributed by atoms with E-state index in [4.69, 9.17) is 0 Å². The summed E-state index contributed by atoms with van der Waals surface area (Å²) in [6.45, 7) is 1.31. The third-order valence-corrected chi connectivity index (χ3v) is 4.31. The molecule has 0 atom stereocenters. The van der Waals surface area contributed by atoms with Crippen molar-refractivity contribution in [2.75, 3.05) is 11.4 Å². The second-order valence-electron chi connectivity index (χ2n) is 5.66. The van der Waals surface area contributed by atoms with E-state index in [9.17, 15) is 13.2 Å². The number of aromatic nitrogens is 1. The van der Waals surface area contributed by atoms with Crippen molar-refractivity contribution < 1.29 is 13.2 Å². The Bertz CT molecular complexity index is 908. The van der Waals surface area contributed by atoms with Crippen LogP contribution in [-0.4, -0.2) is 11.5 Å². The van der Waals surface area contributed by atoms with E-state index in [0.29, 0.717) is 24.3 Å². The second-order valence-corrected chi connectivity index (χ2v) is 5.66. The fraction of sp³-hybridized carbons (Fsp3) is 0.167. The van der Waals surface area contributed by atoms with Crippen molar-refractivity contribution >= 4 is 16.6 Å². The van der Waals surface area contributed by atoms with E-state index in [0.717, 1.165) is 12.5 Å². The molecule has 1 aromatic heterocycles. The molecule has 1 aliphatic heterocycles. The predicted molar refractivity (Wildman–Crippen MR) is 82.8 cm³/mol. The summed E-state index contributed by atoms with van der Waals surface area (Å²) in [5.41, 5.74) is 2.44. The fourth-order valence-corrected chi connectivity index (χ4v) is 3.14. The quantitative estimate of drug-likeness (QED) is 0.625. The lowest BCUT2D eigenvalue weighted by molar-refractivity contribution is 0.453. The highest BCUT2D eigenvalue weighted by Gasteiger charge is 2.22.